The maximum atomic E-state index is 12.8. The molecule has 2 aromatic rings. The van der Waals surface area contributed by atoms with E-state index < -0.39 is 0 Å². The highest BCUT2D eigenvalue weighted by molar-refractivity contribution is 6.23. The summed E-state index contributed by atoms with van der Waals surface area (Å²) >= 11 is 0. The highest BCUT2D eigenvalue weighted by atomic mass is 16.5. The molecule has 1 atom stereocenters. The molecule has 1 aliphatic carbocycles. The second kappa shape index (κ2) is 8.00. The van der Waals surface area contributed by atoms with Crippen LogP contribution in [0.3, 0.4) is 0 Å². The van der Waals surface area contributed by atoms with Gasteiger partial charge in [-0.25, -0.2) is 4.99 Å². The third kappa shape index (κ3) is 3.69. The van der Waals surface area contributed by atoms with E-state index in [2.05, 4.69) is 4.99 Å². The first kappa shape index (κ1) is 17.9. The SMILES string of the molecule is CCC(=Nc1ccccc1OC)C1=C(O)CC(c2ccccc2)CC1=O. The smallest absolute Gasteiger partial charge is 0.168 e. The molecule has 4 nitrogen and oxygen atoms in total. The summed E-state index contributed by atoms with van der Waals surface area (Å²) in [6, 6.07) is 17.3. The summed E-state index contributed by atoms with van der Waals surface area (Å²) in [7, 11) is 1.59. The Morgan fingerprint density at radius 3 is 2.46 bits per heavy atom. The Hall–Kier alpha value is -2.88. The molecule has 1 unspecified atom stereocenters. The predicted octanol–water partition coefficient (Wildman–Crippen LogP) is 5.14. The maximum Gasteiger partial charge on any atom is 0.168 e. The van der Waals surface area contributed by atoms with Crippen LogP contribution in [-0.4, -0.2) is 23.7 Å². The van der Waals surface area contributed by atoms with Crippen LogP contribution in [0, 0.1) is 0 Å². The number of ketones is 1. The van der Waals surface area contributed by atoms with E-state index in [1.54, 1.807) is 7.11 Å². The fourth-order valence-electron chi connectivity index (χ4n) is 3.36. The number of aliphatic hydroxyl groups is 1. The molecular formula is C22H23NO3. The molecule has 3 rings (SSSR count). The van der Waals surface area contributed by atoms with Gasteiger partial charge in [-0.3, -0.25) is 4.79 Å². The number of hydrogen-bond donors (Lipinski definition) is 1. The normalized spacial score (nSPS) is 18.2. The summed E-state index contributed by atoms with van der Waals surface area (Å²) in [5.41, 5.74) is 2.70. The number of Topliss-reactive ketones (excluding diaryl/α,β-unsaturated/α-hetero) is 1. The van der Waals surface area contributed by atoms with Crippen LogP contribution < -0.4 is 4.74 Å². The van der Waals surface area contributed by atoms with Crippen molar-refractivity contribution in [3.05, 3.63) is 71.5 Å². The lowest BCUT2D eigenvalue weighted by molar-refractivity contribution is -0.116. The van der Waals surface area contributed by atoms with Gasteiger partial charge in [0.1, 0.15) is 17.2 Å². The topological polar surface area (TPSA) is 58.9 Å². The summed E-state index contributed by atoms with van der Waals surface area (Å²) in [6.07, 6.45) is 1.39. The number of carbonyl (C=O) groups excluding carboxylic acids is 1. The molecule has 0 saturated heterocycles. The highest BCUT2D eigenvalue weighted by Gasteiger charge is 2.30. The van der Waals surface area contributed by atoms with Gasteiger partial charge >= 0.3 is 0 Å². The van der Waals surface area contributed by atoms with Crippen molar-refractivity contribution in [1.82, 2.24) is 0 Å². The summed E-state index contributed by atoms with van der Waals surface area (Å²) in [5, 5.41) is 10.6. The zero-order chi connectivity index (χ0) is 18.5. The quantitative estimate of drug-likeness (QED) is 0.761. The highest BCUT2D eigenvalue weighted by Crippen LogP contribution is 2.35. The Kier molecular flexibility index (Phi) is 5.52. The molecular weight excluding hydrogens is 326 g/mol. The molecule has 0 bridgehead atoms. The van der Waals surface area contributed by atoms with Crippen LogP contribution >= 0.6 is 0 Å². The van der Waals surface area contributed by atoms with Crippen LogP contribution in [0.25, 0.3) is 0 Å². The number of aliphatic hydroxyl groups excluding tert-OH is 1. The van der Waals surface area contributed by atoms with Gasteiger partial charge in [-0.15, -0.1) is 0 Å². The lowest BCUT2D eigenvalue weighted by Gasteiger charge is -2.24. The standard InChI is InChI=1S/C22H23NO3/c1-3-17(23-18-11-7-8-12-21(18)26-2)22-19(24)13-16(14-20(22)25)15-9-5-4-6-10-15/h4-12,16,24H,3,13-14H2,1-2H3. The molecule has 0 spiro atoms. The Morgan fingerprint density at radius 2 is 1.81 bits per heavy atom. The van der Waals surface area contributed by atoms with E-state index in [1.807, 2.05) is 61.5 Å². The van der Waals surface area contributed by atoms with Gasteiger partial charge in [0.25, 0.3) is 0 Å². The van der Waals surface area contributed by atoms with E-state index in [4.69, 9.17) is 4.74 Å². The molecule has 0 saturated carbocycles. The molecule has 2 aromatic carbocycles. The van der Waals surface area contributed by atoms with Crippen molar-refractivity contribution < 1.29 is 14.6 Å². The molecule has 26 heavy (non-hydrogen) atoms. The van der Waals surface area contributed by atoms with Crippen molar-refractivity contribution in [3.8, 4) is 5.75 Å². The van der Waals surface area contributed by atoms with Gasteiger partial charge in [-0.1, -0.05) is 49.4 Å². The zero-order valence-electron chi connectivity index (χ0n) is 15.1. The number of methoxy groups -OCH3 is 1. The molecule has 0 heterocycles. The minimum absolute atomic E-state index is 0.0109. The van der Waals surface area contributed by atoms with Gasteiger partial charge in [0.2, 0.25) is 0 Å². The van der Waals surface area contributed by atoms with Crippen LogP contribution in [0.2, 0.25) is 0 Å². The number of nitrogens with zero attached hydrogens (tertiary/aromatic N) is 1. The number of aliphatic imine (C=N–C) groups is 1. The van der Waals surface area contributed by atoms with Crippen LogP contribution in [0.4, 0.5) is 5.69 Å². The summed E-state index contributed by atoms with van der Waals surface area (Å²) in [5.74, 6) is 0.726. The third-order valence-electron chi connectivity index (χ3n) is 4.67. The van der Waals surface area contributed by atoms with Crippen molar-refractivity contribution in [2.24, 2.45) is 4.99 Å². The second-order valence-electron chi connectivity index (χ2n) is 6.34. The van der Waals surface area contributed by atoms with E-state index in [0.717, 1.165) is 5.56 Å². The minimum Gasteiger partial charge on any atom is -0.511 e. The number of para-hydroxylation sites is 2. The van der Waals surface area contributed by atoms with Crippen molar-refractivity contribution in [1.29, 1.82) is 0 Å². The van der Waals surface area contributed by atoms with Gasteiger partial charge in [0.05, 0.1) is 18.4 Å². The fraction of sp³-hybridized carbons (Fsp3) is 0.273. The first-order chi connectivity index (χ1) is 12.6. The Labute approximate surface area is 153 Å². The molecule has 0 aliphatic heterocycles. The monoisotopic (exact) mass is 349 g/mol. The third-order valence-corrected chi connectivity index (χ3v) is 4.67. The van der Waals surface area contributed by atoms with Crippen molar-refractivity contribution in [2.45, 2.75) is 32.1 Å². The van der Waals surface area contributed by atoms with Gasteiger partial charge in [0.15, 0.2) is 5.78 Å². The van der Waals surface area contributed by atoms with Gasteiger partial charge in [0, 0.05) is 12.8 Å². The number of rotatable bonds is 5. The molecule has 4 heteroatoms. The molecule has 0 amide bonds. The van der Waals surface area contributed by atoms with E-state index in [-0.39, 0.29) is 17.5 Å². The van der Waals surface area contributed by atoms with Crippen LogP contribution in [0.1, 0.15) is 37.7 Å². The van der Waals surface area contributed by atoms with Gasteiger partial charge in [-0.2, -0.15) is 0 Å². The van der Waals surface area contributed by atoms with E-state index >= 15 is 0 Å². The fourth-order valence-corrected chi connectivity index (χ4v) is 3.36. The Bertz CT molecular complexity index is 853. The van der Waals surface area contributed by atoms with Crippen molar-refractivity contribution >= 4 is 17.2 Å². The van der Waals surface area contributed by atoms with Crippen LogP contribution in [-0.2, 0) is 4.79 Å². The average molecular weight is 349 g/mol. The first-order valence-electron chi connectivity index (χ1n) is 8.85. The molecule has 134 valence electrons. The Balaban J connectivity index is 1.96. The number of carbonyl (C=O) groups is 1. The zero-order valence-corrected chi connectivity index (χ0v) is 15.1. The molecule has 0 fully saturated rings. The second-order valence-corrected chi connectivity index (χ2v) is 6.34. The van der Waals surface area contributed by atoms with Crippen LogP contribution in [0.15, 0.2) is 70.9 Å². The van der Waals surface area contributed by atoms with Gasteiger partial charge < -0.3 is 9.84 Å². The molecule has 1 N–H and O–H groups in total. The van der Waals surface area contributed by atoms with Crippen molar-refractivity contribution in [3.63, 3.8) is 0 Å². The first-order valence-corrected chi connectivity index (χ1v) is 8.85. The van der Waals surface area contributed by atoms with E-state index in [9.17, 15) is 9.90 Å². The number of hydrogen-bond acceptors (Lipinski definition) is 4. The molecule has 0 radical (unpaired) electrons. The lowest BCUT2D eigenvalue weighted by Crippen LogP contribution is -2.23. The number of ether oxygens (including phenoxy) is 1. The van der Waals surface area contributed by atoms with Crippen LogP contribution in [0.5, 0.6) is 5.75 Å². The average Bonchev–Trinajstić information content (AvgIpc) is 2.67. The predicted molar refractivity (Wildman–Crippen MR) is 103 cm³/mol. The molecule has 1 aliphatic rings. The summed E-state index contributed by atoms with van der Waals surface area (Å²) < 4.78 is 5.34. The molecule has 0 aromatic heterocycles. The largest absolute Gasteiger partial charge is 0.511 e. The summed E-state index contributed by atoms with van der Waals surface area (Å²) in [6.45, 7) is 1.94. The summed E-state index contributed by atoms with van der Waals surface area (Å²) in [4.78, 5) is 17.4. The minimum atomic E-state index is -0.0573. The van der Waals surface area contributed by atoms with E-state index in [0.29, 0.717) is 42.0 Å². The Morgan fingerprint density at radius 1 is 1.12 bits per heavy atom. The number of benzene rings is 2. The number of allylic oxidation sites excluding steroid dienone is 2. The maximum absolute atomic E-state index is 12.8. The lowest BCUT2D eigenvalue weighted by atomic mass is 9.81. The van der Waals surface area contributed by atoms with Crippen molar-refractivity contribution in [2.75, 3.05) is 7.11 Å². The van der Waals surface area contributed by atoms with Gasteiger partial charge in [-0.05, 0) is 30.0 Å². The van der Waals surface area contributed by atoms with E-state index in [1.165, 1.54) is 0 Å².